The summed E-state index contributed by atoms with van der Waals surface area (Å²) in [7, 11) is 0. The molecule has 0 bridgehead atoms. The fourth-order valence-corrected chi connectivity index (χ4v) is 1.99. The Morgan fingerprint density at radius 1 is 1.53 bits per heavy atom. The van der Waals surface area contributed by atoms with E-state index in [1.54, 1.807) is 12.3 Å². The van der Waals surface area contributed by atoms with Crippen LogP contribution in [-0.4, -0.2) is 33.7 Å². The maximum atomic E-state index is 9.83. The summed E-state index contributed by atoms with van der Waals surface area (Å²) in [6.45, 7) is 4.37. The molecule has 0 radical (unpaired) electrons. The van der Waals surface area contributed by atoms with Gasteiger partial charge >= 0.3 is 0 Å². The molecule has 1 saturated heterocycles. The van der Waals surface area contributed by atoms with Crippen LogP contribution in [0.1, 0.15) is 18.9 Å². The van der Waals surface area contributed by atoms with Crippen LogP contribution in [0, 0.1) is 0 Å². The fraction of sp³-hybridized carbons (Fsp3) is 0.545. The van der Waals surface area contributed by atoms with Gasteiger partial charge < -0.3 is 5.11 Å². The minimum absolute atomic E-state index is 0.458. The van der Waals surface area contributed by atoms with Gasteiger partial charge in [0.05, 0.1) is 5.60 Å². The summed E-state index contributed by atoms with van der Waals surface area (Å²) >= 11 is 5.70. The summed E-state index contributed by atoms with van der Waals surface area (Å²) in [5.74, 6) is 0. The van der Waals surface area contributed by atoms with Crippen LogP contribution in [0.25, 0.3) is 0 Å². The molecule has 0 unspecified atom stereocenters. The predicted octanol–water partition coefficient (Wildman–Crippen LogP) is 1.69. The van der Waals surface area contributed by atoms with Crippen molar-refractivity contribution in [2.24, 2.45) is 0 Å². The Kier molecular flexibility index (Phi) is 2.96. The van der Waals surface area contributed by atoms with Crippen molar-refractivity contribution in [3.8, 4) is 0 Å². The van der Waals surface area contributed by atoms with E-state index in [9.17, 15) is 5.11 Å². The first-order valence-electron chi connectivity index (χ1n) is 5.16. The summed E-state index contributed by atoms with van der Waals surface area (Å²) in [5.41, 5.74) is 0.678. The SMILES string of the molecule is CCC1(O)CN(Cc2ccc(Cl)nc2)C1. The van der Waals surface area contributed by atoms with Gasteiger partial charge in [0.25, 0.3) is 0 Å². The van der Waals surface area contributed by atoms with Crippen molar-refractivity contribution in [2.75, 3.05) is 13.1 Å². The summed E-state index contributed by atoms with van der Waals surface area (Å²) in [4.78, 5) is 6.23. The average molecular weight is 227 g/mol. The second kappa shape index (κ2) is 4.08. The third kappa shape index (κ3) is 2.48. The molecule has 0 spiro atoms. The van der Waals surface area contributed by atoms with E-state index < -0.39 is 5.60 Å². The first kappa shape index (κ1) is 10.9. The summed E-state index contributed by atoms with van der Waals surface area (Å²) in [5, 5.41) is 10.4. The molecule has 15 heavy (non-hydrogen) atoms. The molecule has 82 valence electrons. The van der Waals surface area contributed by atoms with Crippen LogP contribution < -0.4 is 0 Å². The molecule has 0 aliphatic carbocycles. The van der Waals surface area contributed by atoms with E-state index >= 15 is 0 Å². The minimum atomic E-state index is -0.458. The molecule has 0 saturated carbocycles. The molecule has 1 aliphatic rings. The van der Waals surface area contributed by atoms with Crippen molar-refractivity contribution in [3.63, 3.8) is 0 Å². The van der Waals surface area contributed by atoms with Crippen LogP contribution in [0.15, 0.2) is 18.3 Å². The number of aliphatic hydroxyl groups is 1. The topological polar surface area (TPSA) is 36.4 Å². The number of hydrogen-bond acceptors (Lipinski definition) is 3. The summed E-state index contributed by atoms with van der Waals surface area (Å²) < 4.78 is 0. The van der Waals surface area contributed by atoms with Crippen molar-refractivity contribution >= 4 is 11.6 Å². The van der Waals surface area contributed by atoms with Gasteiger partial charge in [-0.05, 0) is 18.1 Å². The van der Waals surface area contributed by atoms with Crippen LogP contribution in [0.5, 0.6) is 0 Å². The third-order valence-corrected chi connectivity index (χ3v) is 3.11. The van der Waals surface area contributed by atoms with Crippen LogP contribution in [0.2, 0.25) is 5.15 Å². The molecular weight excluding hydrogens is 212 g/mol. The number of likely N-dealkylation sites (tertiary alicyclic amines) is 1. The number of nitrogens with zero attached hydrogens (tertiary/aromatic N) is 2. The van der Waals surface area contributed by atoms with E-state index in [4.69, 9.17) is 11.6 Å². The van der Waals surface area contributed by atoms with Crippen molar-refractivity contribution in [1.29, 1.82) is 0 Å². The number of pyridine rings is 1. The summed E-state index contributed by atoms with van der Waals surface area (Å²) in [6, 6.07) is 3.77. The smallest absolute Gasteiger partial charge is 0.129 e. The zero-order chi connectivity index (χ0) is 10.9. The largest absolute Gasteiger partial charge is 0.387 e. The lowest BCUT2D eigenvalue weighted by molar-refractivity contribution is -0.103. The van der Waals surface area contributed by atoms with E-state index in [1.165, 1.54) is 0 Å². The zero-order valence-electron chi connectivity index (χ0n) is 8.78. The predicted molar refractivity (Wildman–Crippen MR) is 59.8 cm³/mol. The molecule has 4 heteroatoms. The second-order valence-corrected chi connectivity index (χ2v) is 4.60. The summed E-state index contributed by atoms with van der Waals surface area (Å²) in [6.07, 6.45) is 2.61. The Hall–Kier alpha value is -0.640. The minimum Gasteiger partial charge on any atom is -0.387 e. The molecule has 1 aromatic rings. The van der Waals surface area contributed by atoms with Crippen molar-refractivity contribution in [3.05, 3.63) is 29.0 Å². The Bertz CT molecular complexity index is 333. The highest BCUT2D eigenvalue weighted by atomic mass is 35.5. The second-order valence-electron chi connectivity index (χ2n) is 4.21. The quantitative estimate of drug-likeness (QED) is 0.797. The van der Waals surface area contributed by atoms with E-state index in [1.807, 2.05) is 13.0 Å². The first-order chi connectivity index (χ1) is 7.11. The maximum absolute atomic E-state index is 9.83. The van der Waals surface area contributed by atoms with E-state index in [0.717, 1.165) is 31.6 Å². The molecule has 1 fully saturated rings. The van der Waals surface area contributed by atoms with Crippen LogP contribution in [0.3, 0.4) is 0 Å². The highest BCUT2D eigenvalue weighted by molar-refractivity contribution is 6.29. The number of halogens is 1. The van der Waals surface area contributed by atoms with Gasteiger partial charge in [-0.25, -0.2) is 4.98 Å². The molecule has 1 N–H and O–H groups in total. The lowest BCUT2D eigenvalue weighted by atomic mass is 9.91. The Balaban J connectivity index is 1.87. The average Bonchev–Trinajstić information content (AvgIpc) is 2.19. The van der Waals surface area contributed by atoms with Crippen LogP contribution >= 0.6 is 11.6 Å². The van der Waals surface area contributed by atoms with Crippen LogP contribution in [0.4, 0.5) is 0 Å². The van der Waals surface area contributed by atoms with Gasteiger partial charge in [-0.2, -0.15) is 0 Å². The molecule has 2 heterocycles. The van der Waals surface area contributed by atoms with Gasteiger partial charge in [-0.15, -0.1) is 0 Å². The van der Waals surface area contributed by atoms with Gasteiger partial charge in [-0.1, -0.05) is 24.6 Å². The van der Waals surface area contributed by atoms with Gasteiger partial charge in [0, 0.05) is 25.8 Å². The number of β-amino-alcohol motifs (C(OH)–C–C–N with tert-alkyl or cyclic N) is 1. The molecule has 1 aromatic heterocycles. The lowest BCUT2D eigenvalue weighted by Crippen LogP contribution is -2.60. The van der Waals surface area contributed by atoms with E-state index in [2.05, 4.69) is 9.88 Å². The lowest BCUT2D eigenvalue weighted by Gasteiger charge is -2.46. The van der Waals surface area contributed by atoms with Gasteiger partial charge in [0.1, 0.15) is 5.15 Å². The Morgan fingerprint density at radius 2 is 2.27 bits per heavy atom. The Labute approximate surface area is 94.7 Å². The molecule has 0 aromatic carbocycles. The van der Waals surface area contributed by atoms with Crippen molar-refractivity contribution in [2.45, 2.75) is 25.5 Å². The molecule has 3 nitrogen and oxygen atoms in total. The van der Waals surface area contributed by atoms with Crippen molar-refractivity contribution < 1.29 is 5.11 Å². The standard InChI is InChI=1S/C11H15ClN2O/c1-2-11(15)7-14(8-11)6-9-3-4-10(12)13-5-9/h3-5,15H,2,6-8H2,1H3. The molecule has 0 amide bonds. The van der Waals surface area contributed by atoms with Crippen molar-refractivity contribution in [1.82, 2.24) is 9.88 Å². The first-order valence-corrected chi connectivity index (χ1v) is 5.54. The maximum Gasteiger partial charge on any atom is 0.129 e. The zero-order valence-corrected chi connectivity index (χ0v) is 9.54. The normalized spacial score (nSPS) is 19.9. The number of hydrogen-bond donors (Lipinski definition) is 1. The number of rotatable bonds is 3. The monoisotopic (exact) mass is 226 g/mol. The van der Waals surface area contributed by atoms with Gasteiger partial charge in [-0.3, -0.25) is 4.90 Å². The van der Waals surface area contributed by atoms with Crippen LogP contribution in [-0.2, 0) is 6.54 Å². The highest BCUT2D eigenvalue weighted by Crippen LogP contribution is 2.25. The van der Waals surface area contributed by atoms with E-state index in [-0.39, 0.29) is 0 Å². The molecular formula is C11H15ClN2O. The third-order valence-electron chi connectivity index (χ3n) is 2.89. The van der Waals surface area contributed by atoms with E-state index in [0.29, 0.717) is 5.15 Å². The number of aromatic nitrogens is 1. The Morgan fingerprint density at radius 3 is 2.80 bits per heavy atom. The highest BCUT2D eigenvalue weighted by Gasteiger charge is 2.38. The van der Waals surface area contributed by atoms with Gasteiger partial charge in [0.2, 0.25) is 0 Å². The fourth-order valence-electron chi connectivity index (χ4n) is 1.88. The molecule has 2 rings (SSSR count). The molecule has 0 atom stereocenters. The molecule has 1 aliphatic heterocycles. The van der Waals surface area contributed by atoms with Gasteiger partial charge in [0.15, 0.2) is 0 Å².